The molecule has 4 aromatic rings. The molecule has 4 N–H and O–H groups in total. The summed E-state index contributed by atoms with van der Waals surface area (Å²) in [5.74, 6) is 2.24. The van der Waals surface area contributed by atoms with E-state index < -0.39 is 0 Å². The van der Waals surface area contributed by atoms with Crippen molar-refractivity contribution >= 4 is 0 Å². The molecule has 46 heavy (non-hydrogen) atoms. The molecule has 4 aromatic carbocycles. The van der Waals surface area contributed by atoms with Crippen LogP contribution in [0.1, 0.15) is 44.5 Å². The van der Waals surface area contributed by atoms with Gasteiger partial charge in [-0.1, -0.05) is 0 Å². The van der Waals surface area contributed by atoms with Crippen LogP contribution in [0.3, 0.4) is 0 Å². The Hall–Kier alpha value is -4.80. The normalized spacial score (nSPS) is 16.5. The summed E-state index contributed by atoms with van der Waals surface area (Å²) in [7, 11) is 0. The molecule has 0 atom stereocenters. The molecule has 0 aromatic heterocycles. The summed E-state index contributed by atoms with van der Waals surface area (Å²) >= 11 is 0. The average Bonchev–Trinajstić information content (AvgIpc) is 3.03. The lowest BCUT2D eigenvalue weighted by Crippen LogP contribution is -2.13. The van der Waals surface area contributed by atoms with Gasteiger partial charge in [0.15, 0.2) is 0 Å². The van der Waals surface area contributed by atoms with Crippen LogP contribution < -0.4 is 18.9 Å². The molecular weight excluding hydrogens is 592 g/mol. The summed E-state index contributed by atoms with van der Waals surface area (Å²) in [6, 6.07) is 14.0. The van der Waals surface area contributed by atoms with E-state index in [4.69, 9.17) is 28.4 Å². The first kappa shape index (κ1) is 29.9. The Kier molecular flexibility index (Phi) is 8.38. The molecular formula is C36H36O10. The van der Waals surface area contributed by atoms with Crippen molar-refractivity contribution < 1.29 is 48.8 Å². The van der Waals surface area contributed by atoms with Gasteiger partial charge in [0.25, 0.3) is 0 Å². The van der Waals surface area contributed by atoms with Crippen molar-refractivity contribution in [3.63, 3.8) is 0 Å². The molecule has 0 saturated heterocycles. The fraction of sp³-hybridized carbons (Fsp3) is 0.333. The molecule has 7 rings (SSSR count). The molecule has 0 radical (unpaired) electrons. The SMILES string of the molecule is Oc1c2cc3cc1Cc1cc4cc(c1O)Cc1cc(cc(c1O)Cc1cc(cc(c1O)C2)OCCOCCO3)OCCOCCO4. The Morgan fingerprint density at radius 2 is 0.500 bits per heavy atom. The smallest absolute Gasteiger partial charge is 0.122 e. The highest BCUT2D eigenvalue weighted by molar-refractivity contribution is 5.59. The van der Waals surface area contributed by atoms with Crippen LogP contribution in [0.5, 0.6) is 46.0 Å². The van der Waals surface area contributed by atoms with Crippen molar-refractivity contribution in [2.24, 2.45) is 0 Å². The van der Waals surface area contributed by atoms with Gasteiger partial charge < -0.3 is 48.8 Å². The van der Waals surface area contributed by atoms with Gasteiger partial charge in [0.05, 0.1) is 26.4 Å². The van der Waals surface area contributed by atoms with E-state index in [2.05, 4.69) is 0 Å². The summed E-state index contributed by atoms with van der Waals surface area (Å²) in [5.41, 5.74) is 4.22. The molecule has 1 aliphatic carbocycles. The van der Waals surface area contributed by atoms with Crippen LogP contribution in [0.15, 0.2) is 48.5 Å². The van der Waals surface area contributed by atoms with E-state index in [-0.39, 0.29) is 75.1 Å². The minimum Gasteiger partial charge on any atom is -0.507 e. The van der Waals surface area contributed by atoms with Gasteiger partial charge in [0.1, 0.15) is 72.4 Å². The zero-order chi connectivity index (χ0) is 31.6. The van der Waals surface area contributed by atoms with Crippen LogP contribution in [0.25, 0.3) is 0 Å². The van der Waals surface area contributed by atoms with Crippen LogP contribution in [0, 0.1) is 0 Å². The van der Waals surface area contributed by atoms with E-state index in [9.17, 15) is 20.4 Å². The van der Waals surface area contributed by atoms with E-state index in [1.54, 1.807) is 48.5 Å². The molecule has 0 amide bonds. The Balaban J connectivity index is 1.48. The minimum atomic E-state index is 0.0301. The van der Waals surface area contributed by atoms with Gasteiger partial charge in [0, 0.05) is 70.2 Å². The number of hydrogen-bond acceptors (Lipinski definition) is 10. The molecule has 0 unspecified atom stereocenters. The molecule has 12 bridgehead atoms. The van der Waals surface area contributed by atoms with Crippen LogP contribution >= 0.6 is 0 Å². The molecule has 10 heteroatoms. The Morgan fingerprint density at radius 1 is 0.304 bits per heavy atom. The number of hydrogen-bond donors (Lipinski definition) is 4. The number of rotatable bonds is 0. The second-order valence-corrected chi connectivity index (χ2v) is 11.7. The fourth-order valence-corrected chi connectivity index (χ4v) is 6.22. The largest absolute Gasteiger partial charge is 0.507 e. The lowest BCUT2D eigenvalue weighted by atomic mass is 9.91. The van der Waals surface area contributed by atoms with Crippen molar-refractivity contribution in [1.29, 1.82) is 0 Å². The third kappa shape index (κ3) is 6.31. The predicted molar refractivity (Wildman–Crippen MR) is 167 cm³/mol. The van der Waals surface area contributed by atoms with Crippen LogP contribution in [-0.4, -0.2) is 73.3 Å². The van der Waals surface area contributed by atoms with E-state index >= 15 is 0 Å². The molecule has 3 aliphatic rings. The number of benzene rings is 4. The van der Waals surface area contributed by atoms with Crippen molar-refractivity contribution in [3.05, 3.63) is 93.0 Å². The standard InChI is InChI=1S/C36H36O10/c37-33-21-9-22-14-30-18-27(34(22)38)12-28-20-32-16-24(36(28)40)10-23-15-31(45-7-3-42-4-8-46-32)19-26(35(23)39)11-25(33)17-29(13-21)43-5-1-41-2-6-44-30/h13-20,37-40H,1-12H2. The van der Waals surface area contributed by atoms with Crippen LogP contribution in [0.2, 0.25) is 0 Å². The van der Waals surface area contributed by atoms with Gasteiger partial charge >= 0.3 is 0 Å². The summed E-state index contributed by atoms with van der Waals surface area (Å²) in [5, 5.41) is 46.5. The maximum Gasteiger partial charge on any atom is 0.122 e. The van der Waals surface area contributed by atoms with Crippen LogP contribution in [-0.2, 0) is 35.2 Å². The van der Waals surface area contributed by atoms with Crippen molar-refractivity contribution in [2.75, 3.05) is 52.9 Å². The number of phenols is 4. The zero-order valence-corrected chi connectivity index (χ0v) is 25.3. The first-order valence-corrected chi connectivity index (χ1v) is 15.5. The molecule has 2 heterocycles. The lowest BCUT2D eigenvalue weighted by Gasteiger charge is -2.21. The van der Waals surface area contributed by atoms with E-state index in [1.807, 2.05) is 0 Å². The first-order valence-electron chi connectivity index (χ1n) is 15.5. The van der Waals surface area contributed by atoms with Crippen molar-refractivity contribution in [2.45, 2.75) is 25.7 Å². The topological polar surface area (TPSA) is 136 Å². The molecule has 0 saturated carbocycles. The number of aromatic hydroxyl groups is 4. The van der Waals surface area contributed by atoms with Crippen molar-refractivity contribution in [1.82, 2.24) is 0 Å². The van der Waals surface area contributed by atoms with E-state index in [0.29, 0.717) is 93.9 Å². The summed E-state index contributed by atoms with van der Waals surface area (Å²) in [4.78, 5) is 0. The molecule has 0 fully saturated rings. The maximum absolute atomic E-state index is 11.6. The highest BCUT2D eigenvalue weighted by Gasteiger charge is 2.23. The van der Waals surface area contributed by atoms with E-state index in [1.165, 1.54) is 0 Å². The Bertz CT molecular complexity index is 1510. The highest BCUT2D eigenvalue weighted by atomic mass is 16.6. The quantitative estimate of drug-likeness (QED) is 0.190. The van der Waals surface area contributed by atoms with Gasteiger partial charge in [-0.15, -0.1) is 0 Å². The molecule has 240 valence electrons. The summed E-state index contributed by atoms with van der Waals surface area (Å²) in [6.07, 6.45) is 0.645. The number of ether oxygens (including phenoxy) is 6. The molecule has 2 aliphatic heterocycles. The third-order valence-electron chi connectivity index (χ3n) is 8.47. The second kappa shape index (κ2) is 12.9. The predicted octanol–water partition coefficient (Wildman–Crippen LogP) is 4.76. The number of fused-ring (bicyclic) bond motifs is 8. The maximum atomic E-state index is 11.6. The number of phenolic OH excluding ortho intramolecular Hbond substituents is 4. The minimum absolute atomic E-state index is 0.0301. The Labute approximate surface area is 266 Å². The van der Waals surface area contributed by atoms with Gasteiger partial charge in [-0.3, -0.25) is 0 Å². The van der Waals surface area contributed by atoms with Gasteiger partial charge in [-0.2, -0.15) is 0 Å². The van der Waals surface area contributed by atoms with Crippen LogP contribution in [0.4, 0.5) is 0 Å². The van der Waals surface area contributed by atoms with Gasteiger partial charge in [0.2, 0.25) is 0 Å². The van der Waals surface area contributed by atoms with Gasteiger partial charge in [-0.05, 0) is 48.5 Å². The van der Waals surface area contributed by atoms with E-state index in [0.717, 1.165) is 0 Å². The fourth-order valence-electron chi connectivity index (χ4n) is 6.22. The second-order valence-electron chi connectivity index (χ2n) is 11.7. The molecule has 0 spiro atoms. The first-order chi connectivity index (χ1) is 22.4. The molecule has 10 nitrogen and oxygen atoms in total. The Morgan fingerprint density at radius 3 is 0.696 bits per heavy atom. The highest BCUT2D eigenvalue weighted by Crippen LogP contribution is 2.42. The zero-order valence-electron chi connectivity index (χ0n) is 25.3. The lowest BCUT2D eigenvalue weighted by molar-refractivity contribution is 0.0762. The monoisotopic (exact) mass is 628 g/mol. The van der Waals surface area contributed by atoms with Gasteiger partial charge in [-0.25, -0.2) is 0 Å². The van der Waals surface area contributed by atoms with Crippen molar-refractivity contribution in [3.8, 4) is 46.0 Å². The summed E-state index contributed by atoms with van der Waals surface area (Å²) in [6.45, 7) is 2.53. The third-order valence-corrected chi connectivity index (χ3v) is 8.47. The summed E-state index contributed by atoms with van der Waals surface area (Å²) < 4.78 is 35.5. The average molecular weight is 629 g/mol.